The molecule has 0 saturated carbocycles. The molecule has 0 bridgehead atoms. The van der Waals surface area contributed by atoms with Crippen LogP contribution >= 0.6 is 0 Å². The largest absolute Gasteiger partial charge is 0.492 e. The Balaban J connectivity index is 1.99. The van der Waals surface area contributed by atoms with E-state index in [4.69, 9.17) is 4.74 Å². The Bertz CT molecular complexity index is 872. The van der Waals surface area contributed by atoms with E-state index < -0.39 is 0 Å². The lowest BCUT2D eigenvalue weighted by Crippen LogP contribution is -2.19. The topological polar surface area (TPSA) is 59.4 Å². The molecule has 3 rings (SSSR count). The summed E-state index contributed by atoms with van der Waals surface area (Å²) in [6.07, 6.45) is 0. The maximum absolute atomic E-state index is 11.6. The van der Waals surface area contributed by atoms with Crippen molar-refractivity contribution in [3.63, 3.8) is 0 Å². The zero-order chi connectivity index (χ0) is 17.8. The van der Waals surface area contributed by atoms with Crippen molar-refractivity contribution in [3.05, 3.63) is 48.5 Å². The van der Waals surface area contributed by atoms with E-state index in [1.807, 2.05) is 67.2 Å². The van der Waals surface area contributed by atoms with Crippen molar-refractivity contribution in [2.45, 2.75) is 6.92 Å². The number of para-hydroxylation sites is 1. The number of imidazole rings is 1. The van der Waals surface area contributed by atoms with Gasteiger partial charge in [0.2, 0.25) is 11.9 Å². The van der Waals surface area contributed by atoms with Gasteiger partial charge >= 0.3 is 0 Å². The lowest BCUT2D eigenvalue weighted by Gasteiger charge is -2.11. The predicted molar refractivity (Wildman–Crippen MR) is 99.4 cm³/mol. The summed E-state index contributed by atoms with van der Waals surface area (Å²) in [7, 11) is 4.02. The van der Waals surface area contributed by atoms with Gasteiger partial charge in [-0.15, -0.1) is 0 Å². The Morgan fingerprint density at radius 1 is 1.20 bits per heavy atom. The molecule has 1 N–H and O–H groups in total. The number of aromatic nitrogens is 2. The molecule has 1 amide bonds. The number of anilines is 1. The number of rotatable bonds is 6. The molecule has 6 heteroatoms. The van der Waals surface area contributed by atoms with Crippen LogP contribution < -0.4 is 10.1 Å². The molecule has 0 unspecified atom stereocenters. The van der Waals surface area contributed by atoms with E-state index in [1.54, 1.807) is 0 Å². The van der Waals surface area contributed by atoms with Gasteiger partial charge in [0.05, 0.1) is 11.0 Å². The third kappa shape index (κ3) is 3.97. The zero-order valence-electron chi connectivity index (χ0n) is 14.7. The minimum atomic E-state index is -0.157. The highest BCUT2D eigenvalue weighted by atomic mass is 16.5. The van der Waals surface area contributed by atoms with Crippen molar-refractivity contribution in [1.82, 2.24) is 14.5 Å². The highest BCUT2D eigenvalue weighted by Gasteiger charge is 2.14. The number of amides is 1. The number of nitrogens with one attached hydrogen (secondary N) is 1. The van der Waals surface area contributed by atoms with Crippen molar-refractivity contribution >= 4 is 22.9 Å². The maximum atomic E-state index is 11.6. The molecule has 1 heterocycles. The molecule has 130 valence electrons. The van der Waals surface area contributed by atoms with E-state index >= 15 is 0 Å². The summed E-state index contributed by atoms with van der Waals surface area (Å²) in [5, 5.41) is 2.80. The Kier molecular flexibility index (Phi) is 5.00. The number of likely N-dealkylation sites (N-methyl/N-ethyl adjacent to an activating group) is 1. The van der Waals surface area contributed by atoms with Crippen LogP contribution in [0.15, 0.2) is 48.5 Å². The average Bonchev–Trinajstić information content (AvgIpc) is 2.91. The lowest BCUT2D eigenvalue weighted by atomic mass is 10.2. The molecule has 0 fully saturated rings. The number of carbonyl (C=O) groups is 1. The van der Waals surface area contributed by atoms with Crippen LogP contribution in [0.4, 0.5) is 5.95 Å². The third-order valence-corrected chi connectivity index (χ3v) is 3.74. The summed E-state index contributed by atoms with van der Waals surface area (Å²) in [6, 6.07) is 15.6. The normalized spacial score (nSPS) is 11.0. The Hall–Kier alpha value is -2.86. The first-order valence-corrected chi connectivity index (χ1v) is 8.17. The van der Waals surface area contributed by atoms with Gasteiger partial charge in [-0.1, -0.05) is 18.2 Å². The molecule has 3 aromatic rings. The van der Waals surface area contributed by atoms with Gasteiger partial charge in [-0.3, -0.25) is 14.7 Å². The maximum Gasteiger partial charge on any atom is 0.223 e. The molecular weight excluding hydrogens is 316 g/mol. The second kappa shape index (κ2) is 7.36. The van der Waals surface area contributed by atoms with E-state index in [9.17, 15) is 4.79 Å². The van der Waals surface area contributed by atoms with Gasteiger partial charge in [-0.25, -0.2) is 4.98 Å². The minimum Gasteiger partial charge on any atom is -0.492 e. The molecule has 0 aliphatic carbocycles. The second-order valence-electron chi connectivity index (χ2n) is 6.09. The number of hydrogen-bond donors (Lipinski definition) is 1. The van der Waals surface area contributed by atoms with E-state index in [0.29, 0.717) is 12.6 Å². The molecule has 0 radical (unpaired) electrons. The molecule has 0 aliphatic rings. The standard InChI is InChI=1S/C19H22N4O2/c1-14(24)20-19-21-17-13-16(25-12-11-22(2)3)9-10-18(17)23(19)15-7-5-4-6-8-15/h4-10,13H,11-12H2,1-3H3,(H,20,21,24). The molecule has 0 saturated heterocycles. The summed E-state index contributed by atoms with van der Waals surface area (Å²) >= 11 is 0. The number of fused-ring (bicyclic) bond motifs is 1. The Morgan fingerprint density at radius 2 is 1.96 bits per heavy atom. The summed E-state index contributed by atoms with van der Waals surface area (Å²) in [6.45, 7) is 2.93. The highest BCUT2D eigenvalue weighted by Crippen LogP contribution is 2.27. The third-order valence-electron chi connectivity index (χ3n) is 3.74. The van der Waals surface area contributed by atoms with Gasteiger partial charge in [0.15, 0.2) is 0 Å². The van der Waals surface area contributed by atoms with Crippen LogP contribution in [0, 0.1) is 0 Å². The van der Waals surface area contributed by atoms with Gasteiger partial charge in [-0.05, 0) is 38.4 Å². The minimum absolute atomic E-state index is 0.157. The van der Waals surface area contributed by atoms with Gasteiger partial charge in [0.1, 0.15) is 12.4 Å². The van der Waals surface area contributed by atoms with Crippen LogP contribution in [0.2, 0.25) is 0 Å². The van der Waals surface area contributed by atoms with Crippen LogP contribution in [0.3, 0.4) is 0 Å². The fraction of sp³-hybridized carbons (Fsp3) is 0.263. The fourth-order valence-electron chi connectivity index (χ4n) is 2.58. The van der Waals surface area contributed by atoms with E-state index in [-0.39, 0.29) is 5.91 Å². The van der Waals surface area contributed by atoms with Gasteiger partial charge in [0.25, 0.3) is 0 Å². The molecule has 6 nitrogen and oxygen atoms in total. The first-order valence-electron chi connectivity index (χ1n) is 8.17. The molecule has 1 aromatic heterocycles. The number of ether oxygens (including phenoxy) is 1. The van der Waals surface area contributed by atoms with E-state index in [2.05, 4.69) is 15.2 Å². The van der Waals surface area contributed by atoms with Gasteiger partial charge < -0.3 is 9.64 Å². The second-order valence-corrected chi connectivity index (χ2v) is 6.09. The fourth-order valence-corrected chi connectivity index (χ4v) is 2.58. The average molecular weight is 338 g/mol. The summed E-state index contributed by atoms with van der Waals surface area (Å²) in [5.74, 6) is 1.11. The lowest BCUT2D eigenvalue weighted by molar-refractivity contribution is -0.114. The zero-order valence-corrected chi connectivity index (χ0v) is 14.7. The summed E-state index contributed by atoms with van der Waals surface area (Å²) in [4.78, 5) is 18.2. The number of hydrogen-bond acceptors (Lipinski definition) is 4. The number of benzene rings is 2. The Morgan fingerprint density at radius 3 is 2.64 bits per heavy atom. The molecule has 25 heavy (non-hydrogen) atoms. The van der Waals surface area contributed by atoms with Crippen LogP contribution in [0.5, 0.6) is 5.75 Å². The predicted octanol–water partition coefficient (Wildman–Crippen LogP) is 2.92. The van der Waals surface area contributed by atoms with Crippen molar-refractivity contribution in [3.8, 4) is 11.4 Å². The first-order chi connectivity index (χ1) is 12.0. The quantitative estimate of drug-likeness (QED) is 0.751. The van der Waals surface area contributed by atoms with Crippen molar-refractivity contribution in [1.29, 1.82) is 0 Å². The van der Waals surface area contributed by atoms with Gasteiger partial charge in [0, 0.05) is 25.2 Å². The van der Waals surface area contributed by atoms with Gasteiger partial charge in [-0.2, -0.15) is 0 Å². The first kappa shape index (κ1) is 17.0. The SMILES string of the molecule is CC(=O)Nc1nc2cc(OCCN(C)C)ccc2n1-c1ccccc1. The summed E-state index contributed by atoms with van der Waals surface area (Å²) in [5.41, 5.74) is 2.62. The molecular formula is C19H22N4O2. The van der Waals surface area contributed by atoms with Crippen LogP contribution in [-0.2, 0) is 4.79 Å². The molecule has 2 aromatic carbocycles. The Labute approximate surface area is 147 Å². The van der Waals surface area contributed by atoms with Crippen molar-refractivity contribution in [2.75, 3.05) is 32.6 Å². The number of nitrogens with zero attached hydrogens (tertiary/aromatic N) is 3. The smallest absolute Gasteiger partial charge is 0.223 e. The molecule has 0 aliphatic heterocycles. The molecule has 0 atom stereocenters. The van der Waals surface area contributed by atoms with Crippen molar-refractivity contribution < 1.29 is 9.53 Å². The highest BCUT2D eigenvalue weighted by molar-refractivity contribution is 5.91. The summed E-state index contributed by atoms with van der Waals surface area (Å²) < 4.78 is 7.71. The monoisotopic (exact) mass is 338 g/mol. The molecule has 0 spiro atoms. The van der Waals surface area contributed by atoms with Crippen LogP contribution in [0.25, 0.3) is 16.7 Å². The van der Waals surface area contributed by atoms with Crippen molar-refractivity contribution in [2.24, 2.45) is 0 Å². The number of carbonyl (C=O) groups excluding carboxylic acids is 1. The van der Waals surface area contributed by atoms with Crippen LogP contribution in [-0.4, -0.2) is 47.6 Å². The van der Waals surface area contributed by atoms with Crippen LogP contribution in [0.1, 0.15) is 6.92 Å². The van der Waals surface area contributed by atoms with E-state index in [0.717, 1.165) is 29.0 Å². The van der Waals surface area contributed by atoms with E-state index in [1.165, 1.54) is 6.92 Å².